The van der Waals surface area contributed by atoms with Crippen molar-refractivity contribution in [2.45, 2.75) is 38.3 Å². The van der Waals surface area contributed by atoms with Gasteiger partial charge in [-0.2, -0.15) is 0 Å². The Balaban J connectivity index is 1.49. The number of halogens is 1. The highest BCUT2D eigenvalue weighted by atomic mass is 19.1. The van der Waals surface area contributed by atoms with Crippen molar-refractivity contribution in [3.05, 3.63) is 64.5 Å². The number of nitrogens with one attached hydrogen (secondary N) is 1. The van der Waals surface area contributed by atoms with Crippen LogP contribution in [0.15, 0.2) is 36.4 Å². The molecule has 0 radical (unpaired) electrons. The summed E-state index contributed by atoms with van der Waals surface area (Å²) in [5.41, 5.74) is -1.85. The van der Waals surface area contributed by atoms with Crippen molar-refractivity contribution in [1.82, 2.24) is 15.1 Å². The van der Waals surface area contributed by atoms with Crippen LogP contribution in [0.2, 0.25) is 0 Å². The molecule has 3 aliphatic heterocycles. The minimum atomic E-state index is -3.38. The molecule has 9 heteroatoms. The molecule has 0 unspecified atom stereocenters. The first-order chi connectivity index (χ1) is 20.3. The van der Waals surface area contributed by atoms with Gasteiger partial charge in [0.25, 0.3) is 5.91 Å². The number of morpholine rings is 1. The van der Waals surface area contributed by atoms with Crippen LogP contribution in [0.5, 0.6) is 5.75 Å². The van der Waals surface area contributed by atoms with Crippen molar-refractivity contribution >= 4 is 17.7 Å². The number of piperidine rings is 1. The minimum absolute atomic E-state index is 0.0898. The summed E-state index contributed by atoms with van der Waals surface area (Å²) in [5, 5.41) is 1.63. The molecule has 3 aliphatic rings. The molecule has 2 aromatic carbocycles. The number of amides is 3. The zero-order valence-electron chi connectivity index (χ0n) is 27.7. The number of benzene rings is 2. The molecule has 0 spiro atoms. The van der Waals surface area contributed by atoms with Gasteiger partial charge in [-0.15, -0.1) is 0 Å². The van der Waals surface area contributed by atoms with Crippen molar-refractivity contribution in [2.24, 2.45) is 0 Å². The number of ether oxygens (including phenoxy) is 2. The molecule has 1 atom stereocenters. The smallest absolute Gasteiger partial charge is 0.255 e. The standard InChI is InChI=1S/C25H26FN3O5/c26-20-12-16(13-28-8-10-33-11-9-28)4-5-17(20)15-34-22-3-1-2-18-19(22)14-29(25(18)32)21-6-7-23(30)27-24(21)31/h1-5,12,21H,6-11,13-15H2,(H,27,30,31)/t21-/m1/s1/i6D2,7D2,13D2,14D2,15D2. The quantitative estimate of drug-likeness (QED) is 0.641. The number of rotatable bonds is 6. The second kappa shape index (κ2) is 9.52. The summed E-state index contributed by atoms with van der Waals surface area (Å²) in [7, 11) is 0. The Labute approximate surface area is 210 Å². The molecular weight excluding hydrogens is 441 g/mol. The number of carbonyl (C=O) groups excluding carboxylic acids is 3. The van der Waals surface area contributed by atoms with Gasteiger partial charge in [-0.1, -0.05) is 18.2 Å². The molecular formula is C25H26FN3O5. The van der Waals surface area contributed by atoms with Gasteiger partial charge in [-0.25, -0.2) is 4.39 Å². The van der Waals surface area contributed by atoms with Crippen LogP contribution < -0.4 is 10.1 Å². The van der Waals surface area contributed by atoms with Gasteiger partial charge in [0.2, 0.25) is 11.8 Å². The monoisotopic (exact) mass is 477 g/mol. The Morgan fingerprint density at radius 3 is 2.82 bits per heavy atom. The molecule has 3 amide bonds. The van der Waals surface area contributed by atoms with E-state index in [0.29, 0.717) is 0 Å². The minimum Gasteiger partial charge on any atom is -0.488 e. The summed E-state index contributed by atoms with van der Waals surface area (Å²) >= 11 is 0. The topological polar surface area (TPSA) is 88.2 Å². The van der Waals surface area contributed by atoms with Crippen LogP contribution in [0.4, 0.5) is 4.39 Å². The molecule has 0 aliphatic carbocycles. The fourth-order valence-corrected chi connectivity index (χ4v) is 3.62. The zero-order valence-corrected chi connectivity index (χ0v) is 17.7. The highest BCUT2D eigenvalue weighted by molar-refractivity contribution is 6.05. The number of hydrogen-bond donors (Lipinski definition) is 1. The lowest BCUT2D eigenvalue weighted by molar-refractivity contribution is -0.136. The molecule has 34 heavy (non-hydrogen) atoms. The normalized spacial score (nSPS) is 30.6. The maximum absolute atomic E-state index is 15.4. The Morgan fingerprint density at radius 1 is 1.21 bits per heavy atom. The molecule has 0 aromatic heterocycles. The van der Waals surface area contributed by atoms with Crippen molar-refractivity contribution in [1.29, 1.82) is 0 Å². The van der Waals surface area contributed by atoms with E-state index in [1.54, 1.807) is 5.32 Å². The number of imide groups is 1. The Kier molecular flexibility index (Phi) is 3.79. The molecule has 5 rings (SSSR count). The lowest BCUT2D eigenvalue weighted by Gasteiger charge is -2.29. The first kappa shape index (κ1) is 13.6. The van der Waals surface area contributed by atoms with E-state index in [1.165, 1.54) is 17.0 Å². The maximum Gasteiger partial charge on any atom is 0.255 e. The van der Waals surface area contributed by atoms with Gasteiger partial charge in [0.1, 0.15) is 24.2 Å². The lowest BCUT2D eigenvalue weighted by atomic mass is 10.0. The Bertz CT molecular complexity index is 1550. The van der Waals surface area contributed by atoms with Gasteiger partial charge in [0.05, 0.1) is 25.2 Å². The summed E-state index contributed by atoms with van der Waals surface area (Å²) in [5.74, 6) is -6.09. The average molecular weight is 478 g/mol. The highest BCUT2D eigenvalue weighted by Crippen LogP contribution is 2.34. The lowest BCUT2D eigenvalue weighted by Crippen LogP contribution is -2.52. The molecule has 2 saturated heterocycles. The predicted molar refractivity (Wildman–Crippen MR) is 119 cm³/mol. The molecule has 0 bridgehead atoms. The average Bonchev–Trinajstić information content (AvgIpc) is 3.13. The van der Waals surface area contributed by atoms with E-state index < -0.39 is 84.3 Å². The van der Waals surface area contributed by atoms with Crippen LogP contribution in [-0.4, -0.2) is 59.9 Å². The van der Waals surface area contributed by atoms with E-state index >= 15 is 4.39 Å². The van der Waals surface area contributed by atoms with Crippen LogP contribution in [0.1, 0.15) is 53.5 Å². The first-order valence-electron chi connectivity index (χ1n) is 15.4. The van der Waals surface area contributed by atoms with Gasteiger partial charge in [0.15, 0.2) is 0 Å². The van der Waals surface area contributed by atoms with Crippen LogP contribution in [0.25, 0.3) is 0 Å². The van der Waals surface area contributed by atoms with E-state index in [0.717, 1.165) is 24.3 Å². The third-order valence-corrected chi connectivity index (χ3v) is 5.31. The van der Waals surface area contributed by atoms with Crippen LogP contribution >= 0.6 is 0 Å². The predicted octanol–water partition coefficient (Wildman–Crippen LogP) is 2.00. The van der Waals surface area contributed by atoms with Crippen molar-refractivity contribution in [3.63, 3.8) is 0 Å². The molecule has 178 valence electrons. The number of fused-ring (bicyclic) bond motifs is 1. The molecule has 8 nitrogen and oxygen atoms in total. The van der Waals surface area contributed by atoms with Crippen molar-refractivity contribution in [3.8, 4) is 5.75 Å². The van der Waals surface area contributed by atoms with Crippen molar-refractivity contribution in [2.75, 3.05) is 26.3 Å². The zero-order chi connectivity index (χ0) is 32.6. The summed E-state index contributed by atoms with van der Waals surface area (Å²) < 4.78 is 110. The van der Waals surface area contributed by atoms with Gasteiger partial charge in [-0.3, -0.25) is 24.6 Å². The van der Waals surface area contributed by atoms with Gasteiger partial charge in [-0.05, 0) is 30.1 Å². The maximum atomic E-state index is 15.4. The third kappa shape index (κ3) is 4.53. The van der Waals surface area contributed by atoms with E-state index in [1.807, 2.05) is 0 Å². The largest absolute Gasteiger partial charge is 0.488 e. The SMILES string of the molecule is [2H]C([2H])(Oc1cccc2c1C([2H])([2H])N([C@H]1C(=O)NC(=O)C([2H])([2H])C1([2H])[2H])C2=O)c1ccc(C([2H])([2H])N2CCOCC2)cc1F. The van der Waals surface area contributed by atoms with E-state index in [2.05, 4.69) is 0 Å². The van der Waals surface area contributed by atoms with Gasteiger partial charge >= 0.3 is 0 Å². The Morgan fingerprint density at radius 2 is 2.03 bits per heavy atom. The highest BCUT2D eigenvalue weighted by Gasteiger charge is 2.40. The Hall–Kier alpha value is -3.30. The third-order valence-electron chi connectivity index (χ3n) is 5.31. The fourth-order valence-electron chi connectivity index (χ4n) is 3.62. The van der Waals surface area contributed by atoms with E-state index in [9.17, 15) is 14.4 Å². The molecule has 3 heterocycles. The van der Waals surface area contributed by atoms with E-state index in [-0.39, 0.29) is 36.8 Å². The van der Waals surface area contributed by atoms with Crippen LogP contribution in [0, 0.1) is 5.82 Å². The van der Waals surface area contributed by atoms with Gasteiger partial charge < -0.3 is 14.4 Å². The van der Waals surface area contributed by atoms with Crippen molar-refractivity contribution < 1.29 is 42.0 Å². The second-order valence-electron chi connectivity index (χ2n) is 7.57. The molecule has 2 fully saturated rings. The summed E-state index contributed by atoms with van der Waals surface area (Å²) in [6.45, 7) is -7.14. The number of carbonyl (C=O) groups is 3. The summed E-state index contributed by atoms with van der Waals surface area (Å²) in [6, 6.07) is 3.92. The first-order valence-corrected chi connectivity index (χ1v) is 10.4. The molecule has 2 aromatic rings. The summed E-state index contributed by atoms with van der Waals surface area (Å²) in [4.78, 5) is 39.8. The van der Waals surface area contributed by atoms with Gasteiger partial charge in [0, 0.05) is 50.9 Å². The van der Waals surface area contributed by atoms with Crippen LogP contribution in [0.3, 0.4) is 0 Å². The number of nitrogens with zero attached hydrogens (tertiary/aromatic N) is 2. The number of hydrogen-bond acceptors (Lipinski definition) is 6. The van der Waals surface area contributed by atoms with Crippen LogP contribution in [-0.2, 0) is 33.9 Å². The molecule has 1 N–H and O–H groups in total. The van der Waals surface area contributed by atoms with E-state index in [4.69, 9.17) is 23.2 Å². The molecule has 0 saturated carbocycles. The second-order valence-corrected chi connectivity index (χ2v) is 7.57. The fraction of sp³-hybridized carbons (Fsp3) is 0.400. The summed E-state index contributed by atoms with van der Waals surface area (Å²) in [6.07, 6.45) is -6.72.